The van der Waals surface area contributed by atoms with Gasteiger partial charge in [-0.1, -0.05) is 11.6 Å². The number of thiazole rings is 1. The van der Waals surface area contributed by atoms with Crippen molar-refractivity contribution >= 4 is 45.8 Å². The maximum Gasteiger partial charge on any atom is 0.246 e. The standard InChI is InChI=1S/C16H15ClN6OS/c17-14-12(23-10-11-25-16(23)20-14)2-3-13(24)21-6-8-22(9-7-21)15-18-4-1-5-19-15/h1-5,10-11H,6-9H2/b3-2+. The van der Waals surface area contributed by atoms with Gasteiger partial charge in [-0.25, -0.2) is 15.0 Å². The van der Waals surface area contributed by atoms with Crippen LogP contribution in [0.3, 0.4) is 0 Å². The topological polar surface area (TPSA) is 66.6 Å². The van der Waals surface area contributed by atoms with Crippen LogP contribution in [-0.2, 0) is 4.79 Å². The number of rotatable bonds is 3. The van der Waals surface area contributed by atoms with Crippen molar-refractivity contribution in [3.05, 3.63) is 47.0 Å². The average molecular weight is 375 g/mol. The molecule has 7 nitrogen and oxygen atoms in total. The lowest BCUT2D eigenvalue weighted by atomic mass is 10.3. The predicted octanol–water partition coefficient (Wildman–Crippen LogP) is 2.20. The average Bonchev–Trinajstić information content (AvgIpc) is 3.21. The van der Waals surface area contributed by atoms with Crippen molar-refractivity contribution in [1.82, 2.24) is 24.3 Å². The summed E-state index contributed by atoms with van der Waals surface area (Å²) in [6.07, 6.45) is 8.62. The number of carbonyl (C=O) groups excluding carboxylic acids is 1. The number of amides is 1. The first-order chi connectivity index (χ1) is 12.2. The van der Waals surface area contributed by atoms with Crippen LogP contribution in [-0.4, -0.2) is 56.3 Å². The van der Waals surface area contributed by atoms with Crippen molar-refractivity contribution < 1.29 is 4.79 Å². The number of aromatic nitrogens is 4. The molecule has 0 spiro atoms. The van der Waals surface area contributed by atoms with Gasteiger partial charge in [0, 0.05) is 56.2 Å². The van der Waals surface area contributed by atoms with Crippen LogP contribution in [0.2, 0.25) is 5.15 Å². The number of hydrogen-bond donors (Lipinski definition) is 0. The van der Waals surface area contributed by atoms with Gasteiger partial charge in [-0.3, -0.25) is 9.20 Å². The molecule has 0 N–H and O–H groups in total. The Balaban J connectivity index is 1.41. The van der Waals surface area contributed by atoms with Gasteiger partial charge in [-0.15, -0.1) is 11.3 Å². The van der Waals surface area contributed by atoms with Gasteiger partial charge in [-0.2, -0.15) is 0 Å². The van der Waals surface area contributed by atoms with Crippen molar-refractivity contribution in [2.24, 2.45) is 0 Å². The quantitative estimate of drug-likeness (QED) is 0.657. The Morgan fingerprint density at radius 2 is 1.96 bits per heavy atom. The van der Waals surface area contributed by atoms with Gasteiger partial charge in [-0.05, 0) is 12.1 Å². The molecule has 0 unspecified atom stereocenters. The van der Waals surface area contributed by atoms with E-state index in [1.807, 2.05) is 20.9 Å². The molecule has 4 heterocycles. The minimum atomic E-state index is -0.0325. The second-order valence-corrected chi connectivity index (χ2v) is 6.77. The van der Waals surface area contributed by atoms with Gasteiger partial charge in [0.15, 0.2) is 10.1 Å². The van der Waals surface area contributed by atoms with Crippen LogP contribution in [0.1, 0.15) is 5.69 Å². The fourth-order valence-electron chi connectivity index (χ4n) is 2.76. The Morgan fingerprint density at radius 1 is 1.20 bits per heavy atom. The molecule has 1 aliphatic rings. The Morgan fingerprint density at radius 3 is 2.72 bits per heavy atom. The summed E-state index contributed by atoms with van der Waals surface area (Å²) < 4.78 is 1.88. The van der Waals surface area contributed by atoms with Crippen LogP contribution in [0, 0.1) is 0 Å². The zero-order valence-corrected chi connectivity index (χ0v) is 14.8. The number of fused-ring (bicyclic) bond motifs is 1. The summed E-state index contributed by atoms with van der Waals surface area (Å²) in [5.41, 5.74) is 0.725. The van der Waals surface area contributed by atoms with Crippen molar-refractivity contribution in [2.75, 3.05) is 31.1 Å². The Hall–Kier alpha value is -2.45. The van der Waals surface area contributed by atoms with Crippen LogP contribution in [0.4, 0.5) is 5.95 Å². The summed E-state index contributed by atoms with van der Waals surface area (Å²) in [6, 6.07) is 1.79. The Labute approximate surface area is 153 Å². The molecule has 25 heavy (non-hydrogen) atoms. The highest BCUT2D eigenvalue weighted by molar-refractivity contribution is 7.15. The van der Waals surface area contributed by atoms with Crippen LogP contribution in [0.5, 0.6) is 0 Å². The SMILES string of the molecule is O=C(/C=C/c1c(Cl)nc2sccn12)N1CCN(c2ncccn2)CC1. The summed E-state index contributed by atoms with van der Waals surface area (Å²) in [5, 5.41) is 2.34. The van der Waals surface area contributed by atoms with Crippen LogP contribution < -0.4 is 4.90 Å². The third-order valence-corrected chi connectivity index (χ3v) is 5.10. The summed E-state index contributed by atoms with van der Waals surface area (Å²) in [7, 11) is 0. The van der Waals surface area contributed by atoms with E-state index in [2.05, 4.69) is 19.9 Å². The number of carbonyl (C=O) groups is 1. The fourth-order valence-corrected chi connectivity index (χ4v) is 3.77. The summed E-state index contributed by atoms with van der Waals surface area (Å²) in [6.45, 7) is 2.70. The molecule has 0 atom stereocenters. The lowest BCUT2D eigenvalue weighted by molar-refractivity contribution is -0.126. The van der Waals surface area contributed by atoms with Crippen molar-refractivity contribution in [3.63, 3.8) is 0 Å². The van der Waals surface area contributed by atoms with Crippen molar-refractivity contribution in [1.29, 1.82) is 0 Å². The lowest BCUT2D eigenvalue weighted by Crippen LogP contribution is -2.48. The number of hydrogen-bond acceptors (Lipinski definition) is 6. The molecule has 1 saturated heterocycles. The number of nitrogens with zero attached hydrogens (tertiary/aromatic N) is 6. The maximum atomic E-state index is 12.4. The van der Waals surface area contributed by atoms with Gasteiger partial charge in [0.05, 0.1) is 5.69 Å². The van der Waals surface area contributed by atoms with Gasteiger partial charge < -0.3 is 9.80 Å². The van der Waals surface area contributed by atoms with Crippen LogP contribution in [0.15, 0.2) is 36.1 Å². The van der Waals surface area contributed by atoms with E-state index in [1.165, 1.54) is 11.3 Å². The molecule has 3 aromatic rings. The fraction of sp³-hybridized carbons (Fsp3) is 0.250. The zero-order chi connectivity index (χ0) is 17.2. The van der Waals surface area contributed by atoms with E-state index in [9.17, 15) is 4.79 Å². The minimum absolute atomic E-state index is 0.0325. The van der Waals surface area contributed by atoms with Crippen molar-refractivity contribution in [2.45, 2.75) is 0 Å². The third-order valence-electron chi connectivity index (χ3n) is 4.06. The van der Waals surface area contributed by atoms with E-state index >= 15 is 0 Å². The van der Waals surface area contributed by atoms with Gasteiger partial charge in [0.25, 0.3) is 0 Å². The number of anilines is 1. The highest BCUT2D eigenvalue weighted by Crippen LogP contribution is 2.22. The van der Waals surface area contributed by atoms with E-state index in [0.717, 1.165) is 10.7 Å². The predicted molar refractivity (Wildman–Crippen MR) is 97.9 cm³/mol. The van der Waals surface area contributed by atoms with Gasteiger partial charge in [0.2, 0.25) is 11.9 Å². The van der Waals surface area contributed by atoms with Crippen LogP contribution >= 0.6 is 22.9 Å². The summed E-state index contributed by atoms with van der Waals surface area (Å²) in [5.74, 6) is 0.672. The first-order valence-electron chi connectivity index (χ1n) is 7.82. The largest absolute Gasteiger partial charge is 0.337 e. The van der Waals surface area contributed by atoms with Crippen LogP contribution in [0.25, 0.3) is 11.0 Å². The van der Waals surface area contributed by atoms with Gasteiger partial charge in [0.1, 0.15) is 0 Å². The summed E-state index contributed by atoms with van der Waals surface area (Å²) >= 11 is 7.65. The normalized spacial score (nSPS) is 15.4. The molecule has 128 valence electrons. The Bertz CT molecular complexity index is 913. The van der Waals surface area contributed by atoms with Crippen molar-refractivity contribution in [3.8, 4) is 0 Å². The number of imidazole rings is 1. The number of piperazine rings is 1. The van der Waals surface area contributed by atoms with E-state index in [0.29, 0.717) is 37.3 Å². The maximum absolute atomic E-state index is 12.4. The first-order valence-corrected chi connectivity index (χ1v) is 9.08. The van der Waals surface area contributed by atoms with E-state index in [4.69, 9.17) is 11.6 Å². The summed E-state index contributed by atoms with van der Waals surface area (Å²) in [4.78, 5) is 29.9. The van der Waals surface area contributed by atoms with Gasteiger partial charge >= 0.3 is 0 Å². The molecule has 1 amide bonds. The first kappa shape index (κ1) is 16.0. The smallest absolute Gasteiger partial charge is 0.246 e. The second kappa shape index (κ2) is 6.81. The zero-order valence-electron chi connectivity index (χ0n) is 13.2. The molecule has 0 radical (unpaired) electrons. The lowest BCUT2D eigenvalue weighted by Gasteiger charge is -2.34. The molecular weight excluding hydrogens is 360 g/mol. The third kappa shape index (κ3) is 3.22. The second-order valence-electron chi connectivity index (χ2n) is 5.54. The molecule has 0 aliphatic carbocycles. The molecule has 1 fully saturated rings. The molecule has 3 aromatic heterocycles. The molecule has 1 aliphatic heterocycles. The molecular formula is C16H15ClN6OS. The van der Waals surface area contributed by atoms with E-state index in [-0.39, 0.29) is 5.91 Å². The number of halogens is 1. The van der Waals surface area contributed by atoms with E-state index in [1.54, 1.807) is 30.6 Å². The monoisotopic (exact) mass is 374 g/mol. The molecule has 4 rings (SSSR count). The highest BCUT2D eigenvalue weighted by atomic mass is 35.5. The molecule has 0 aromatic carbocycles. The highest BCUT2D eigenvalue weighted by Gasteiger charge is 2.21. The molecule has 0 saturated carbocycles. The Kier molecular flexibility index (Phi) is 4.37. The van der Waals surface area contributed by atoms with E-state index < -0.39 is 0 Å². The molecule has 0 bridgehead atoms. The molecule has 9 heteroatoms. The minimum Gasteiger partial charge on any atom is -0.337 e.